The zero-order chi connectivity index (χ0) is 25.1. The first kappa shape index (κ1) is 24.6. The van der Waals surface area contributed by atoms with Crippen LogP contribution in [0, 0.1) is 12.7 Å². The van der Waals surface area contributed by atoms with Crippen molar-refractivity contribution in [3.63, 3.8) is 0 Å². The Labute approximate surface area is 206 Å². The van der Waals surface area contributed by atoms with Crippen LogP contribution < -0.4 is 5.73 Å². The second kappa shape index (κ2) is 8.50. The van der Waals surface area contributed by atoms with Crippen LogP contribution in [-0.2, 0) is 20.0 Å². The molecule has 35 heavy (non-hydrogen) atoms. The van der Waals surface area contributed by atoms with E-state index in [0.717, 1.165) is 21.6 Å². The van der Waals surface area contributed by atoms with Crippen LogP contribution in [0.1, 0.15) is 17.5 Å². The summed E-state index contributed by atoms with van der Waals surface area (Å²) in [5.74, 6) is -3.38. The summed E-state index contributed by atoms with van der Waals surface area (Å²) in [5, 5.41) is 31.1. The second-order valence-electron chi connectivity index (χ2n) is 8.94. The van der Waals surface area contributed by atoms with Crippen molar-refractivity contribution in [3.8, 4) is 11.1 Å². The van der Waals surface area contributed by atoms with E-state index in [1.54, 1.807) is 6.07 Å². The van der Waals surface area contributed by atoms with Crippen molar-refractivity contribution in [2.45, 2.75) is 46.4 Å². The number of hydrogen-bond donors (Lipinski definition) is 4. The van der Waals surface area contributed by atoms with Crippen LogP contribution in [-0.4, -0.2) is 38.8 Å². The van der Waals surface area contributed by atoms with E-state index in [1.807, 2.05) is 67.6 Å². The molecule has 0 spiro atoms. The van der Waals surface area contributed by atoms with E-state index in [-0.39, 0.29) is 18.4 Å². The number of aliphatic hydroxyl groups excluding tert-OH is 1. The Hall–Kier alpha value is -2.07. The van der Waals surface area contributed by atoms with E-state index in [0.29, 0.717) is 4.90 Å². The van der Waals surface area contributed by atoms with Gasteiger partial charge in [-0.2, -0.15) is 0 Å². The lowest BCUT2D eigenvalue weighted by atomic mass is 9.83. The maximum absolute atomic E-state index is 15.9. The molecule has 0 radical (unpaired) electrons. The predicted octanol–water partition coefficient (Wildman–Crippen LogP) is 4.16. The molecule has 3 aromatic carbocycles. The van der Waals surface area contributed by atoms with Crippen LogP contribution in [0.15, 0.2) is 76.5 Å². The van der Waals surface area contributed by atoms with E-state index < -0.39 is 36.9 Å². The SMILES string of the molecule is Cc1ccc(Sc2c(-c3ccccc3)ccc(CCC(N)(CO)C(O)(O)C34OP3(=O)O4)c2F)cc1. The van der Waals surface area contributed by atoms with Crippen molar-refractivity contribution in [2.75, 3.05) is 6.61 Å². The molecule has 0 aromatic heterocycles. The maximum Gasteiger partial charge on any atom is 0.403 e. The molecule has 1 atom stereocenters. The Bertz CT molecular complexity index is 1310. The molecule has 0 aliphatic carbocycles. The zero-order valence-corrected chi connectivity index (χ0v) is 20.6. The highest BCUT2D eigenvalue weighted by molar-refractivity contribution is 7.99. The summed E-state index contributed by atoms with van der Waals surface area (Å²) in [6.45, 7) is 1.11. The number of benzene rings is 3. The zero-order valence-electron chi connectivity index (χ0n) is 18.8. The normalized spacial score (nSPS) is 24.5. The molecule has 2 aliphatic rings. The molecule has 5 rings (SSSR count). The Morgan fingerprint density at radius 2 is 1.69 bits per heavy atom. The van der Waals surface area contributed by atoms with Crippen LogP contribution in [0.2, 0.25) is 0 Å². The number of nitrogens with two attached hydrogens (primary N) is 1. The fourth-order valence-corrected chi connectivity index (χ4v) is 6.97. The van der Waals surface area contributed by atoms with Crippen LogP contribution in [0.5, 0.6) is 0 Å². The van der Waals surface area contributed by atoms with Gasteiger partial charge in [0.2, 0.25) is 0 Å². The number of aryl methyl sites for hydroxylation is 2. The van der Waals surface area contributed by atoms with E-state index in [4.69, 9.17) is 14.8 Å². The lowest BCUT2D eigenvalue weighted by Gasteiger charge is -2.38. The molecule has 2 fully saturated rings. The van der Waals surface area contributed by atoms with Crippen LogP contribution in [0.3, 0.4) is 0 Å². The monoisotopic (exact) mass is 517 g/mol. The van der Waals surface area contributed by atoms with Gasteiger partial charge in [-0.05, 0) is 48.6 Å². The summed E-state index contributed by atoms with van der Waals surface area (Å²) in [7, 11) is -3.55. The van der Waals surface area contributed by atoms with Gasteiger partial charge in [-0.15, -0.1) is 0 Å². The minimum Gasteiger partial charge on any atom is -0.394 e. The molecule has 2 heterocycles. The summed E-state index contributed by atoms with van der Waals surface area (Å²) in [4.78, 5) is 1.28. The topological polar surface area (TPSA) is 129 Å². The molecular weight excluding hydrogens is 492 g/mol. The Morgan fingerprint density at radius 1 is 1.06 bits per heavy atom. The average Bonchev–Trinajstić information content (AvgIpc) is 3.67. The molecule has 7 nitrogen and oxygen atoms in total. The first-order chi connectivity index (χ1) is 16.6. The molecule has 2 aliphatic heterocycles. The highest BCUT2D eigenvalue weighted by Crippen LogP contribution is 3.00. The van der Waals surface area contributed by atoms with E-state index >= 15 is 4.39 Å². The number of aliphatic hydroxyl groups is 3. The Morgan fingerprint density at radius 3 is 2.26 bits per heavy atom. The van der Waals surface area contributed by atoms with Crippen LogP contribution >= 0.6 is 19.4 Å². The molecule has 3 aromatic rings. The van der Waals surface area contributed by atoms with Gasteiger partial charge in [0.25, 0.3) is 5.79 Å². The second-order valence-corrected chi connectivity index (χ2v) is 12.0. The van der Waals surface area contributed by atoms with Crippen molar-refractivity contribution in [3.05, 3.63) is 83.7 Å². The maximum atomic E-state index is 15.9. The number of hydrogen-bond acceptors (Lipinski definition) is 8. The molecular formula is C25H25FNO6PS. The lowest BCUT2D eigenvalue weighted by molar-refractivity contribution is -0.290. The van der Waals surface area contributed by atoms with Crippen molar-refractivity contribution in [1.29, 1.82) is 0 Å². The van der Waals surface area contributed by atoms with Crippen molar-refractivity contribution < 1.29 is 33.3 Å². The number of rotatable bonds is 9. The van der Waals surface area contributed by atoms with Crippen molar-refractivity contribution in [1.82, 2.24) is 0 Å². The van der Waals surface area contributed by atoms with Crippen LogP contribution in [0.4, 0.5) is 4.39 Å². The number of fused-ring (bicyclic) bond motifs is 1. The Kier molecular flexibility index (Phi) is 5.98. The first-order valence-electron chi connectivity index (χ1n) is 11.0. The van der Waals surface area contributed by atoms with Gasteiger partial charge in [-0.1, -0.05) is 71.9 Å². The van der Waals surface area contributed by atoms with Gasteiger partial charge in [0.15, 0.2) is 0 Å². The minimum atomic E-state index is -3.55. The average molecular weight is 518 g/mol. The van der Waals surface area contributed by atoms with Gasteiger partial charge >= 0.3 is 13.1 Å². The molecule has 10 heteroatoms. The van der Waals surface area contributed by atoms with Crippen molar-refractivity contribution in [2.24, 2.45) is 5.73 Å². The summed E-state index contributed by atoms with van der Waals surface area (Å²) in [5.41, 5.74) is 4.91. The third kappa shape index (κ3) is 3.97. The van der Waals surface area contributed by atoms with Gasteiger partial charge in [-0.3, -0.25) is 13.6 Å². The first-order valence-corrected chi connectivity index (χ1v) is 13.4. The molecule has 5 N–H and O–H groups in total. The highest BCUT2D eigenvalue weighted by Gasteiger charge is 3.01. The fraction of sp³-hybridized carbons (Fsp3) is 0.280. The molecule has 0 saturated carbocycles. The third-order valence-corrected chi connectivity index (χ3v) is 9.53. The standard InChI is InChI=1S/C25H25FNO6PS/c1-16-7-10-19(11-8-16)35-22-20(17-5-3-2-4-6-17)12-9-18(21(22)26)13-14-23(27,15-28)24(29,30)25-32-34(25,31)33-25/h2-12,28-30H,13-15,27H2,1H3. The van der Waals surface area contributed by atoms with Gasteiger partial charge in [0, 0.05) is 4.90 Å². The minimum absolute atomic E-state index is 0.0251. The summed E-state index contributed by atoms with van der Waals surface area (Å²) >= 11 is 1.29. The molecule has 0 bridgehead atoms. The largest absolute Gasteiger partial charge is 0.403 e. The van der Waals surface area contributed by atoms with Gasteiger partial charge in [-0.25, -0.2) is 4.39 Å². The van der Waals surface area contributed by atoms with Crippen LogP contribution in [0.25, 0.3) is 11.1 Å². The summed E-state index contributed by atoms with van der Waals surface area (Å²) in [6.07, 6.45) is -0.260. The quantitative estimate of drug-likeness (QED) is 0.189. The Balaban J connectivity index is 1.46. The number of halogens is 1. The highest BCUT2D eigenvalue weighted by atomic mass is 32.2. The molecule has 184 valence electrons. The van der Waals surface area contributed by atoms with E-state index in [9.17, 15) is 19.9 Å². The van der Waals surface area contributed by atoms with Crippen molar-refractivity contribution >= 4 is 19.4 Å². The third-order valence-electron chi connectivity index (χ3n) is 6.54. The lowest BCUT2D eigenvalue weighted by Crippen LogP contribution is -2.68. The summed E-state index contributed by atoms with van der Waals surface area (Å²) in [6, 6.07) is 20.6. The smallest absolute Gasteiger partial charge is 0.394 e. The predicted molar refractivity (Wildman–Crippen MR) is 129 cm³/mol. The fourth-order valence-electron chi connectivity index (χ4n) is 4.10. The van der Waals surface area contributed by atoms with E-state index in [1.165, 1.54) is 11.8 Å². The molecule has 1 unspecified atom stereocenters. The van der Waals surface area contributed by atoms with Gasteiger partial charge in [0.1, 0.15) is 5.82 Å². The summed E-state index contributed by atoms with van der Waals surface area (Å²) < 4.78 is 37.4. The molecule has 0 amide bonds. The van der Waals surface area contributed by atoms with Gasteiger partial charge < -0.3 is 21.1 Å². The van der Waals surface area contributed by atoms with E-state index in [2.05, 4.69) is 0 Å². The van der Waals surface area contributed by atoms with Gasteiger partial charge in [0.05, 0.1) is 17.0 Å². The molecule has 2 saturated heterocycles.